The van der Waals surface area contributed by atoms with Crippen LogP contribution in [0.25, 0.3) is 0 Å². The lowest BCUT2D eigenvalue weighted by Crippen LogP contribution is -2.47. The molecule has 0 aromatic heterocycles. The van der Waals surface area contributed by atoms with Gasteiger partial charge in [0.05, 0.1) is 0 Å². The standard InChI is InChI=1S/C14H28N2/c1-13(6-3-2-4-7-13)11-16-12-14(10-15)8-5-9-14/h16H,2-12,15H2,1H3. The first-order chi connectivity index (χ1) is 7.68. The van der Waals surface area contributed by atoms with Gasteiger partial charge in [-0.2, -0.15) is 0 Å². The minimum Gasteiger partial charge on any atom is -0.330 e. The Balaban J connectivity index is 1.70. The van der Waals surface area contributed by atoms with Gasteiger partial charge in [-0.15, -0.1) is 0 Å². The minimum absolute atomic E-state index is 0.463. The lowest BCUT2D eigenvalue weighted by Gasteiger charge is -2.42. The van der Waals surface area contributed by atoms with Gasteiger partial charge in [0.2, 0.25) is 0 Å². The highest BCUT2D eigenvalue weighted by molar-refractivity contribution is 4.91. The van der Waals surface area contributed by atoms with E-state index in [0.717, 1.165) is 13.1 Å². The van der Waals surface area contributed by atoms with E-state index in [0.29, 0.717) is 10.8 Å². The Morgan fingerprint density at radius 3 is 2.12 bits per heavy atom. The van der Waals surface area contributed by atoms with Crippen molar-refractivity contribution in [3.63, 3.8) is 0 Å². The molecular weight excluding hydrogens is 196 g/mol. The maximum Gasteiger partial charge on any atom is 0.00201 e. The SMILES string of the molecule is CC1(CNCC2(CN)CCC2)CCCCC1. The molecule has 0 saturated heterocycles. The van der Waals surface area contributed by atoms with Crippen LogP contribution < -0.4 is 11.1 Å². The summed E-state index contributed by atoms with van der Waals surface area (Å²) in [6.45, 7) is 5.68. The zero-order chi connectivity index (χ0) is 11.5. The van der Waals surface area contributed by atoms with E-state index in [1.54, 1.807) is 0 Å². The van der Waals surface area contributed by atoms with Crippen LogP contribution in [0.4, 0.5) is 0 Å². The summed E-state index contributed by atoms with van der Waals surface area (Å²) in [5.74, 6) is 0. The van der Waals surface area contributed by atoms with E-state index in [9.17, 15) is 0 Å². The zero-order valence-corrected chi connectivity index (χ0v) is 10.9. The van der Waals surface area contributed by atoms with Crippen LogP contribution in [0.5, 0.6) is 0 Å². The van der Waals surface area contributed by atoms with Crippen molar-refractivity contribution in [3.05, 3.63) is 0 Å². The van der Waals surface area contributed by atoms with E-state index in [2.05, 4.69) is 12.2 Å². The first kappa shape index (κ1) is 12.4. The number of rotatable bonds is 5. The molecule has 0 heterocycles. The second-order valence-electron chi connectivity index (χ2n) is 6.53. The summed E-state index contributed by atoms with van der Waals surface area (Å²) in [5, 5.41) is 3.71. The van der Waals surface area contributed by atoms with Gasteiger partial charge < -0.3 is 11.1 Å². The van der Waals surface area contributed by atoms with Crippen molar-refractivity contribution >= 4 is 0 Å². The molecule has 2 aliphatic carbocycles. The van der Waals surface area contributed by atoms with Crippen LogP contribution >= 0.6 is 0 Å². The van der Waals surface area contributed by atoms with Crippen LogP contribution in [0, 0.1) is 10.8 Å². The molecule has 16 heavy (non-hydrogen) atoms. The molecule has 3 N–H and O–H groups in total. The maximum atomic E-state index is 5.88. The topological polar surface area (TPSA) is 38.0 Å². The van der Waals surface area contributed by atoms with Gasteiger partial charge in [-0.25, -0.2) is 0 Å². The van der Waals surface area contributed by atoms with Gasteiger partial charge in [-0.3, -0.25) is 0 Å². The average molecular weight is 224 g/mol. The molecule has 0 radical (unpaired) electrons. The number of hydrogen-bond acceptors (Lipinski definition) is 2. The third-order valence-corrected chi connectivity index (χ3v) is 4.96. The van der Waals surface area contributed by atoms with E-state index < -0.39 is 0 Å². The Kier molecular flexibility index (Phi) is 3.91. The van der Waals surface area contributed by atoms with Crippen molar-refractivity contribution in [2.24, 2.45) is 16.6 Å². The highest BCUT2D eigenvalue weighted by atomic mass is 14.9. The highest BCUT2D eigenvalue weighted by Gasteiger charge is 2.36. The van der Waals surface area contributed by atoms with Gasteiger partial charge in [-0.1, -0.05) is 32.6 Å². The quantitative estimate of drug-likeness (QED) is 0.753. The van der Waals surface area contributed by atoms with Gasteiger partial charge >= 0.3 is 0 Å². The monoisotopic (exact) mass is 224 g/mol. The van der Waals surface area contributed by atoms with Gasteiger partial charge in [0, 0.05) is 13.1 Å². The van der Waals surface area contributed by atoms with Gasteiger partial charge in [0.1, 0.15) is 0 Å². The molecule has 0 aromatic carbocycles. The molecule has 0 bridgehead atoms. The highest BCUT2D eigenvalue weighted by Crippen LogP contribution is 2.40. The maximum absolute atomic E-state index is 5.88. The molecule has 2 heteroatoms. The molecule has 2 fully saturated rings. The van der Waals surface area contributed by atoms with E-state index in [1.165, 1.54) is 57.9 Å². The first-order valence-electron chi connectivity index (χ1n) is 7.09. The Labute approximate surface area is 100 Å². The molecule has 2 nitrogen and oxygen atoms in total. The molecule has 2 aliphatic rings. The molecule has 0 aromatic rings. The second-order valence-corrected chi connectivity index (χ2v) is 6.53. The van der Waals surface area contributed by atoms with Gasteiger partial charge in [-0.05, 0) is 43.1 Å². The van der Waals surface area contributed by atoms with E-state index in [-0.39, 0.29) is 0 Å². The third kappa shape index (κ3) is 2.78. The number of hydrogen-bond donors (Lipinski definition) is 2. The summed E-state index contributed by atoms with van der Waals surface area (Å²) in [7, 11) is 0. The van der Waals surface area contributed by atoms with Gasteiger partial charge in [0.25, 0.3) is 0 Å². The van der Waals surface area contributed by atoms with Crippen LogP contribution in [0.1, 0.15) is 58.3 Å². The molecule has 0 atom stereocenters. The van der Waals surface area contributed by atoms with Crippen molar-refractivity contribution in [1.82, 2.24) is 5.32 Å². The Hall–Kier alpha value is -0.0800. The first-order valence-corrected chi connectivity index (χ1v) is 7.09. The Morgan fingerprint density at radius 1 is 0.938 bits per heavy atom. The number of nitrogens with one attached hydrogen (secondary N) is 1. The van der Waals surface area contributed by atoms with Gasteiger partial charge in [0.15, 0.2) is 0 Å². The van der Waals surface area contributed by atoms with Crippen molar-refractivity contribution in [3.8, 4) is 0 Å². The fourth-order valence-electron chi connectivity index (χ4n) is 3.34. The summed E-state index contributed by atoms with van der Waals surface area (Å²) in [4.78, 5) is 0. The smallest absolute Gasteiger partial charge is 0.00201 e. The molecule has 0 aliphatic heterocycles. The van der Waals surface area contributed by atoms with Crippen LogP contribution in [-0.4, -0.2) is 19.6 Å². The van der Waals surface area contributed by atoms with Crippen LogP contribution in [-0.2, 0) is 0 Å². The normalized spacial score (nSPS) is 27.4. The summed E-state index contributed by atoms with van der Waals surface area (Å²) in [5.41, 5.74) is 6.91. The Bertz CT molecular complexity index is 209. The van der Waals surface area contributed by atoms with E-state index in [4.69, 9.17) is 5.73 Å². The minimum atomic E-state index is 0.463. The molecular formula is C14H28N2. The van der Waals surface area contributed by atoms with Crippen LogP contribution in [0.15, 0.2) is 0 Å². The lowest BCUT2D eigenvalue weighted by molar-refractivity contribution is 0.126. The fourth-order valence-corrected chi connectivity index (χ4v) is 3.34. The molecule has 0 amide bonds. The Morgan fingerprint density at radius 2 is 1.62 bits per heavy atom. The second kappa shape index (κ2) is 5.05. The molecule has 0 unspecified atom stereocenters. The van der Waals surface area contributed by atoms with Crippen molar-refractivity contribution in [1.29, 1.82) is 0 Å². The van der Waals surface area contributed by atoms with Crippen molar-refractivity contribution in [2.45, 2.75) is 58.3 Å². The van der Waals surface area contributed by atoms with Crippen molar-refractivity contribution < 1.29 is 0 Å². The van der Waals surface area contributed by atoms with E-state index in [1.807, 2.05) is 0 Å². The predicted octanol–water partition coefficient (Wildman–Crippen LogP) is 2.68. The van der Waals surface area contributed by atoms with Crippen LogP contribution in [0.2, 0.25) is 0 Å². The summed E-state index contributed by atoms with van der Waals surface area (Å²) < 4.78 is 0. The average Bonchev–Trinajstić information content (AvgIpc) is 2.23. The summed E-state index contributed by atoms with van der Waals surface area (Å²) in [6.07, 6.45) is 11.2. The predicted molar refractivity (Wildman–Crippen MR) is 69.4 cm³/mol. The molecule has 2 saturated carbocycles. The summed E-state index contributed by atoms with van der Waals surface area (Å²) in [6, 6.07) is 0. The summed E-state index contributed by atoms with van der Waals surface area (Å²) >= 11 is 0. The molecule has 0 spiro atoms. The lowest BCUT2D eigenvalue weighted by atomic mass is 9.68. The molecule has 94 valence electrons. The zero-order valence-electron chi connectivity index (χ0n) is 10.9. The van der Waals surface area contributed by atoms with Crippen molar-refractivity contribution in [2.75, 3.05) is 19.6 Å². The molecule has 2 rings (SSSR count). The fraction of sp³-hybridized carbons (Fsp3) is 1.00. The number of nitrogens with two attached hydrogens (primary N) is 1. The third-order valence-electron chi connectivity index (χ3n) is 4.96. The largest absolute Gasteiger partial charge is 0.330 e. The van der Waals surface area contributed by atoms with E-state index >= 15 is 0 Å². The van der Waals surface area contributed by atoms with Crippen LogP contribution in [0.3, 0.4) is 0 Å².